The average Bonchev–Trinajstić information content (AvgIpc) is 3.23. The van der Waals surface area contributed by atoms with Crippen LogP contribution in [0, 0.1) is 0 Å². The third-order valence-electron chi connectivity index (χ3n) is 5.11. The number of benzene rings is 2. The summed E-state index contributed by atoms with van der Waals surface area (Å²) in [6.07, 6.45) is 4.65. The first-order valence-electron chi connectivity index (χ1n) is 9.79. The van der Waals surface area contributed by atoms with Crippen LogP contribution in [0.5, 0.6) is 0 Å². The van der Waals surface area contributed by atoms with Gasteiger partial charge in [-0.15, -0.1) is 0 Å². The van der Waals surface area contributed by atoms with Gasteiger partial charge in [0, 0.05) is 42.8 Å². The molecule has 0 atom stereocenters. The van der Waals surface area contributed by atoms with Crippen LogP contribution in [0.3, 0.4) is 0 Å². The molecule has 5 heteroatoms. The molecule has 2 aromatic carbocycles. The molecule has 1 aliphatic rings. The Morgan fingerprint density at radius 3 is 2.62 bits per heavy atom. The Balaban J connectivity index is 1.52. The molecule has 0 unspecified atom stereocenters. The predicted octanol–water partition coefficient (Wildman–Crippen LogP) is 4.84. The molecule has 0 saturated heterocycles. The summed E-state index contributed by atoms with van der Waals surface area (Å²) in [4.78, 5) is 16.1. The van der Waals surface area contributed by atoms with E-state index in [1.807, 2.05) is 36.5 Å². The van der Waals surface area contributed by atoms with Crippen LogP contribution in [0.4, 0.5) is 17.5 Å². The molecule has 1 aliphatic heterocycles. The topological polar surface area (TPSA) is 53.9 Å². The molecule has 5 nitrogen and oxygen atoms in total. The van der Waals surface area contributed by atoms with E-state index >= 15 is 0 Å². The summed E-state index contributed by atoms with van der Waals surface area (Å²) >= 11 is 0. The van der Waals surface area contributed by atoms with E-state index in [1.54, 1.807) is 6.20 Å². The van der Waals surface area contributed by atoms with Crippen molar-refractivity contribution in [1.82, 2.24) is 15.0 Å². The first-order chi connectivity index (χ1) is 14.4. The first-order valence-corrected chi connectivity index (χ1v) is 9.79. The highest BCUT2D eigenvalue weighted by Gasteiger charge is 2.23. The van der Waals surface area contributed by atoms with Gasteiger partial charge in [0.2, 0.25) is 5.95 Å². The Hall–Kier alpha value is -3.73. The SMILES string of the molecule is c1ccc(-c2cc(NCc3cccnc3)nc(N3CCc4ccccc43)n2)cc1. The van der Waals surface area contributed by atoms with Crippen LogP contribution >= 0.6 is 0 Å². The molecule has 0 saturated carbocycles. The summed E-state index contributed by atoms with van der Waals surface area (Å²) in [6.45, 7) is 1.55. The number of fused-ring (bicyclic) bond motifs is 1. The van der Waals surface area contributed by atoms with E-state index in [0.717, 1.165) is 41.6 Å². The second-order valence-electron chi connectivity index (χ2n) is 7.05. The molecule has 5 rings (SSSR count). The Morgan fingerprint density at radius 2 is 1.76 bits per heavy atom. The van der Waals surface area contributed by atoms with Crippen LogP contribution in [0.1, 0.15) is 11.1 Å². The van der Waals surface area contributed by atoms with Crippen molar-refractivity contribution in [2.75, 3.05) is 16.8 Å². The summed E-state index contributed by atoms with van der Waals surface area (Å²) in [7, 11) is 0. The Morgan fingerprint density at radius 1 is 0.897 bits per heavy atom. The highest BCUT2D eigenvalue weighted by molar-refractivity contribution is 5.70. The van der Waals surface area contributed by atoms with Gasteiger partial charge in [0.05, 0.1) is 5.69 Å². The van der Waals surface area contributed by atoms with Gasteiger partial charge >= 0.3 is 0 Å². The van der Waals surface area contributed by atoms with E-state index in [9.17, 15) is 0 Å². The summed E-state index contributed by atoms with van der Waals surface area (Å²) in [5.74, 6) is 1.53. The van der Waals surface area contributed by atoms with Crippen LogP contribution in [-0.4, -0.2) is 21.5 Å². The van der Waals surface area contributed by atoms with Gasteiger partial charge in [-0.2, -0.15) is 4.98 Å². The van der Waals surface area contributed by atoms with E-state index in [-0.39, 0.29) is 0 Å². The number of para-hydroxylation sites is 1. The highest BCUT2D eigenvalue weighted by Crippen LogP contribution is 2.34. The van der Waals surface area contributed by atoms with Crippen molar-refractivity contribution in [1.29, 1.82) is 0 Å². The number of rotatable bonds is 5. The van der Waals surface area contributed by atoms with Crippen LogP contribution < -0.4 is 10.2 Å². The van der Waals surface area contributed by atoms with Gasteiger partial charge in [-0.1, -0.05) is 54.6 Å². The normalized spacial score (nSPS) is 12.6. The molecule has 4 aromatic rings. The van der Waals surface area contributed by atoms with Crippen molar-refractivity contribution in [3.63, 3.8) is 0 Å². The predicted molar refractivity (Wildman–Crippen MR) is 116 cm³/mol. The zero-order valence-electron chi connectivity index (χ0n) is 16.0. The molecule has 0 radical (unpaired) electrons. The Labute approximate surface area is 170 Å². The van der Waals surface area contributed by atoms with Gasteiger partial charge in [-0.05, 0) is 29.7 Å². The van der Waals surface area contributed by atoms with Crippen molar-refractivity contribution in [3.05, 3.63) is 96.3 Å². The molecule has 0 fully saturated rings. The van der Waals surface area contributed by atoms with Crippen molar-refractivity contribution in [2.24, 2.45) is 0 Å². The highest BCUT2D eigenvalue weighted by atomic mass is 15.3. The molecule has 0 amide bonds. The molecule has 142 valence electrons. The van der Waals surface area contributed by atoms with Crippen molar-refractivity contribution in [2.45, 2.75) is 13.0 Å². The quantitative estimate of drug-likeness (QED) is 0.537. The third-order valence-corrected chi connectivity index (χ3v) is 5.11. The van der Waals surface area contributed by atoms with E-state index in [1.165, 1.54) is 11.3 Å². The lowest BCUT2D eigenvalue weighted by atomic mass is 10.1. The van der Waals surface area contributed by atoms with Crippen molar-refractivity contribution < 1.29 is 0 Å². The minimum Gasteiger partial charge on any atom is -0.366 e. The zero-order chi connectivity index (χ0) is 19.5. The minimum atomic E-state index is 0.662. The summed E-state index contributed by atoms with van der Waals surface area (Å²) in [6, 6.07) is 24.7. The summed E-state index contributed by atoms with van der Waals surface area (Å²) in [5.41, 5.74) is 5.63. The molecule has 29 heavy (non-hydrogen) atoms. The third kappa shape index (κ3) is 3.67. The Bertz CT molecular complexity index is 1110. The molecular formula is C24H21N5. The molecule has 0 spiro atoms. The molecule has 0 aliphatic carbocycles. The second kappa shape index (κ2) is 7.72. The molecule has 1 N–H and O–H groups in total. The summed E-state index contributed by atoms with van der Waals surface area (Å²) < 4.78 is 0. The van der Waals surface area contributed by atoms with Gasteiger partial charge in [0.15, 0.2) is 0 Å². The van der Waals surface area contributed by atoms with E-state index in [2.05, 4.69) is 57.7 Å². The van der Waals surface area contributed by atoms with Crippen LogP contribution in [0.15, 0.2) is 85.2 Å². The lowest BCUT2D eigenvalue weighted by molar-refractivity contribution is 0.938. The molecule has 2 aromatic heterocycles. The van der Waals surface area contributed by atoms with E-state index in [4.69, 9.17) is 9.97 Å². The van der Waals surface area contributed by atoms with Gasteiger partial charge in [0.1, 0.15) is 5.82 Å². The smallest absolute Gasteiger partial charge is 0.232 e. The zero-order valence-corrected chi connectivity index (χ0v) is 16.0. The Kier molecular flexibility index (Phi) is 4.62. The maximum absolute atomic E-state index is 4.90. The molecular weight excluding hydrogens is 358 g/mol. The van der Waals surface area contributed by atoms with E-state index < -0.39 is 0 Å². The fourth-order valence-corrected chi connectivity index (χ4v) is 3.64. The van der Waals surface area contributed by atoms with Crippen LogP contribution in [0.25, 0.3) is 11.3 Å². The standard InChI is InChI=1S/C24H21N5/c1-2-8-19(9-3-1)21-15-23(26-17-18-7-6-13-25-16-18)28-24(27-21)29-14-12-20-10-4-5-11-22(20)29/h1-11,13,15-16H,12,14,17H2,(H,26,27,28). The number of hydrogen-bond donors (Lipinski definition) is 1. The maximum atomic E-state index is 4.90. The van der Waals surface area contributed by atoms with Gasteiger partial charge < -0.3 is 10.2 Å². The first kappa shape index (κ1) is 17.4. The summed E-state index contributed by atoms with van der Waals surface area (Å²) in [5, 5.41) is 3.44. The fraction of sp³-hybridized carbons (Fsp3) is 0.125. The molecule has 0 bridgehead atoms. The number of nitrogens with zero attached hydrogens (tertiary/aromatic N) is 4. The number of anilines is 3. The van der Waals surface area contributed by atoms with Gasteiger partial charge in [-0.25, -0.2) is 4.98 Å². The second-order valence-corrected chi connectivity index (χ2v) is 7.05. The van der Waals surface area contributed by atoms with Gasteiger partial charge in [0.25, 0.3) is 0 Å². The van der Waals surface area contributed by atoms with Crippen LogP contribution in [0.2, 0.25) is 0 Å². The van der Waals surface area contributed by atoms with E-state index in [0.29, 0.717) is 6.54 Å². The molecule has 3 heterocycles. The monoisotopic (exact) mass is 379 g/mol. The largest absolute Gasteiger partial charge is 0.366 e. The lowest BCUT2D eigenvalue weighted by Gasteiger charge is -2.19. The number of pyridine rings is 1. The van der Waals surface area contributed by atoms with Crippen LogP contribution in [-0.2, 0) is 13.0 Å². The minimum absolute atomic E-state index is 0.662. The fourth-order valence-electron chi connectivity index (χ4n) is 3.64. The number of hydrogen-bond acceptors (Lipinski definition) is 5. The average molecular weight is 379 g/mol. The lowest BCUT2D eigenvalue weighted by Crippen LogP contribution is -2.17. The van der Waals surface area contributed by atoms with Crippen molar-refractivity contribution in [3.8, 4) is 11.3 Å². The maximum Gasteiger partial charge on any atom is 0.232 e. The number of aromatic nitrogens is 3. The van der Waals surface area contributed by atoms with Crippen molar-refractivity contribution >= 4 is 17.5 Å². The number of nitrogens with one attached hydrogen (secondary N) is 1. The van der Waals surface area contributed by atoms with Gasteiger partial charge in [-0.3, -0.25) is 4.98 Å².